The molecule has 0 aliphatic heterocycles. The highest BCUT2D eigenvalue weighted by atomic mass is 32.2. The number of hydrogen-bond acceptors (Lipinski definition) is 7. The number of benzene rings is 3. The lowest BCUT2D eigenvalue weighted by atomic mass is 10.00. The lowest BCUT2D eigenvalue weighted by Gasteiger charge is -2.19. The first-order valence-electron chi connectivity index (χ1n) is 12.8. The first-order chi connectivity index (χ1) is 19.0. The number of nitrogens with one attached hydrogen (secondary N) is 1. The van der Waals surface area contributed by atoms with Crippen LogP contribution in [0.5, 0.6) is 0 Å². The van der Waals surface area contributed by atoms with Crippen molar-refractivity contribution in [1.29, 1.82) is 5.26 Å². The lowest BCUT2D eigenvalue weighted by molar-refractivity contribution is -0.121. The molecule has 0 spiro atoms. The number of amides is 1. The van der Waals surface area contributed by atoms with E-state index in [9.17, 15) is 9.59 Å². The van der Waals surface area contributed by atoms with Crippen molar-refractivity contribution >= 4 is 22.8 Å². The Hall–Kier alpha value is -4.29. The summed E-state index contributed by atoms with van der Waals surface area (Å²) in [6.07, 6.45) is 1.60. The van der Waals surface area contributed by atoms with Gasteiger partial charge < -0.3 is 5.32 Å². The lowest BCUT2D eigenvalue weighted by Crippen LogP contribution is -2.32. The molecule has 3 aromatic carbocycles. The third-order valence-corrected chi connectivity index (χ3v) is 7.18. The van der Waals surface area contributed by atoms with Crippen molar-refractivity contribution in [3.63, 3.8) is 0 Å². The van der Waals surface area contributed by atoms with E-state index in [0.29, 0.717) is 31.0 Å². The summed E-state index contributed by atoms with van der Waals surface area (Å²) in [5, 5.41) is 24.3. The molecule has 9 heteroatoms. The highest BCUT2D eigenvalue weighted by Gasteiger charge is 2.22. The molecule has 198 valence electrons. The molecule has 1 amide bonds. The number of aromatic nitrogens is 4. The van der Waals surface area contributed by atoms with E-state index in [1.54, 1.807) is 11.6 Å². The summed E-state index contributed by atoms with van der Waals surface area (Å²) in [7, 11) is 0. The van der Waals surface area contributed by atoms with E-state index in [1.165, 1.54) is 11.8 Å². The van der Waals surface area contributed by atoms with Crippen LogP contribution in [0.25, 0.3) is 11.1 Å². The van der Waals surface area contributed by atoms with Crippen LogP contribution in [0, 0.1) is 11.3 Å². The fourth-order valence-electron chi connectivity index (χ4n) is 4.32. The van der Waals surface area contributed by atoms with Gasteiger partial charge in [0.25, 0.3) is 0 Å². The summed E-state index contributed by atoms with van der Waals surface area (Å²) in [5.74, 6) is 0.983. The van der Waals surface area contributed by atoms with Crippen LogP contribution >= 0.6 is 11.8 Å². The van der Waals surface area contributed by atoms with E-state index in [0.717, 1.165) is 27.8 Å². The predicted molar refractivity (Wildman–Crippen MR) is 151 cm³/mol. The smallest absolute Gasteiger partial charge is 0.220 e. The molecule has 0 saturated carbocycles. The summed E-state index contributed by atoms with van der Waals surface area (Å²) < 4.78 is 1.58. The Kier molecular flexibility index (Phi) is 9.98. The molecule has 8 nitrogen and oxygen atoms in total. The van der Waals surface area contributed by atoms with Crippen LogP contribution < -0.4 is 5.32 Å². The minimum atomic E-state index is -0.461. The van der Waals surface area contributed by atoms with Crippen LogP contribution in [0.1, 0.15) is 48.3 Å². The molecule has 0 radical (unpaired) electrons. The molecule has 0 aliphatic carbocycles. The molecule has 1 N–H and O–H groups in total. The van der Waals surface area contributed by atoms with Gasteiger partial charge in [-0.05, 0) is 44.7 Å². The van der Waals surface area contributed by atoms with Gasteiger partial charge in [0.05, 0.1) is 25.1 Å². The van der Waals surface area contributed by atoms with Gasteiger partial charge in [-0.25, -0.2) is 4.68 Å². The molecule has 1 unspecified atom stereocenters. The average Bonchev–Trinajstić information content (AvgIpc) is 3.43. The zero-order chi connectivity index (χ0) is 27.5. The van der Waals surface area contributed by atoms with Crippen LogP contribution in [0.3, 0.4) is 0 Å². The fourth-order valence-corrected chi connectivity index (χ4v) is 4.96. The first-order valence-corrected chi connectivity index (χ1v) is 13.8. The Labute approximate surface area is 232 Å². The van der Waals surface area contributed by atoms with E-state index in [-0.39, 0.29) is 23.9 Å². The Morgan fingerprint density at radius 1 is 0.974 bits per heavy atom. The van der Waals surface area contributed by atoms with Gasteiger partial charge in [0.1, 0.15) is 0 Å². The molecule has 39 heavy (non-hydrogen) atoms. The first kappa shape index (κ1) is 27.7. The van der Waals surface area contributed by atoms with Gasteiger partial charge in [0, 0.05) is 25.5 Å². The van der Waals surface area contributed by atoms with E-state index in [2.05, 4.69) is 51.2 Å². The van der Waals surface area contributed by atoms with Crippen molar-refractivity contribution in [2.45, 2.75) is 50.9 Å². The van der Waals surface area contributed by atoms with Crippen molar-refractivity contribution < 1.29 is 9.59 Å². The van der Waals surface area contributed by atoms with Gasteiger partial charge in [0.15, 0.2) is 10.9 Å². The molecule has 1 aromatic heterocycles. The average molecular weight is 539 g/mol. The van der Waals surface area contributed by atoms with Crippen molar-refractivity contribution in [3.8, 4) is 17.2 Å². The van der Waals surface area contributed by atoms with Crippen molar-refractivity contribution in [1.82, 2.24) is 25.5 Å². The normalized spacial score (nSPS) is 11.5. The molecule has 0 aliphatic rings. The van der Waals surface area contributed by atoms with Gasteiger partial charge in [-0.1, -0.05) is 90.6 Å². The maximum atomic E-state index is 13.2. The third-order valence-electron chi connectivity index (χ3n) is 6.31. The number of nitriles is 1. The van der Waals surface area contributed by atoms with E-state index >= 15 is 0 Å². The molecule has 4 rings (SSSR count). The maximum absolute atomic E-state index is 13.2. The Morgan fingerprint density at radius 3 is 2.38 bits per heavy atom. The molecule has 0 bridgehead atoms. The number of rotatable bonds is 12. The summed E-state index contributed by atoms with van der Waals surface area (Å²) in [6, 6.07) is 27.9. The van der Waals surface area contributed by atoms with Crippen molar-refractivity contribution in [2.24, 2.45) is 0 Å². The van der Waals surface area contributed by atoms with Gasteiger partial charge in [0.2, 0.25) is 5.91 Å². The van der Waals surface area contributed by atoms with Gasteiger partial charge in [-0.2, -0.15) is 5.26 Å². The van der Waals surface area contributed by atoms with E-state index in [4.69, 9.17) is 5.26 Å². The number of tetrazole rings is 1. The number of thioether (sulfide) groups is 1. The number of carbonyl (C=O) groups is 2. The zero-order valence-corrected chi connectivity index (χ0v) is 22.6. The number of nitrogens with zero attached hydrogens (tertiary/aromatic N) is 5. The Bertz CT molecular complexity index is 1430. The summed E-state index contributed by atoms with van der Waals surface area (Å²) >= 11 is 1.26. The highest BCUT2D eigenvalue weighted by Crippen LogP contribution is 2.23. The zero-order valence-electron chi connectivity index (χ0n) is 21.8. The van der Waals surface area contributed by atoms with Crippen LogP contribution in [0.4, 0.5) is 0 Å². The largest absolute Gasteiger partial charge is 0.346 e. The molecule has 0 fully saturated rings. The summed E-state index contributed by atoms with van der Waals surface area (Å²) in [4.78, 5) is 24.6. The molecule has 1 heterocycles. The molecule has 0 saturated heterocycles. The molecular weight excluding hydrogens is 508 g/mol. The van der Waals surface area contributed by atoms with Crippen LogP contribution in [-0.2, 0) is 34.7 Å². The van der Waals surface area contributed by atoms with Gasteiger partial charge in [-0.15, -0.1) is 5.10 Å². The van der Waals surface area contributed by atoms with E-state index < -0.39 is 6.04 Å². The summed E-state index contributed by atoms with van der Waals surface area (Å²) in [5.41, 5.74) is 5.38. The predicted octanol–water partition coefficient (Wildman–Crippen LogP) is 5.07. The number of carbonyl (C=O) groups excluding carboxylic acids is 2. The molecular formula is C30H30N6O2S. The fraction of sp³-hybridized carbons (Fsp3) is 0.267. The Morgan fingerprint density at radius 2 is 1.67 bits per heavy atom. The van der Waals surface area contributed by atoms with Crippen molar-refractivity contribution in [3.05, 3.63) is 101 Å². The quantitative estimate of drug-likeness (QED) is 0.268. The second kappa shape index (κ2) is 14.0. The molecule has 4 aromatic rings. The van der Waals surface area contributed by atoms with E-state index in [1.807, 2.05) is 54.6 Å². The maximum Gasteiger partial charge on any atom is 0.220 e. The number of hydrogen-bond donors (Lipinski definition) is 1. The van der Waals surface area contributed by atoms with Crippen LogP contribution in [0.15, 0.2) is 78.9 Å². The number of aryl methyl sites for hydroxylation is 2. The SMILES string of the molecule is CC(=O)SCc1ccccc1CCC(=O)NC(Cc1ccc(-c2ccccc2)cc1)c1nnnn1CCC#N. The topological polar surface area (TPSA) is 114 Å². The minimum Gasteiger partial charge on any atom is -0.346 e. The standard InChI is InChI=1S/C30H30N6O2S/c1-22(37)39-21-27-11-6-5-10-25(27)16-17-29(38)32-28(30-33-34-35-36(30)19-7-18-31)20-23-12-14-26(15-13-23)24-8-3-2-4-9-24/h2-6,8-15,28H,7,16-17,19-21H2,1H3,(H,32,38). The second-order valence-electron chi connectivity index (χ2n) is 9.10. The monoisotopic (exact) mass is 538 g/mol. The van der Waals surface area contributed by atoms with Crippen LogP contribution in [0.2, 0.25) is 0 Å². The molecule has 1 atom stereocenters. The van der Waals surface area contributed by atoms with Crippen molar-refractivity contribution in [2.75, 3.05) is 0 Å². The second-order valence-corrected chi connectivity index (χ2v) is 10.3. The highest BCUT2D eigenvalue weighted by molar-refractivity contribution is 8.12. The van der Waals surface area contributed by atoms with Gasteiger partial charge in [-0.3, -0.25) is 9.59 Å². The summed E-state index contributed by atoms with van der Waals surface area (Å²) in [6.45, 7) is 1.90. The van der Waals surface area contributed by atoms with Crippen LogP contribution in [-0.4, -0.2) is 31.2 Å². The Balaban J connectivity index is 1.48. The van der Waals surface area contributed by atoms with Gasteiger partial charge >= 0.3 is 0 Å². The third kappa shape index (κ3) is 8.09. The minimum absolute atomic E-state index is 0.0660.